The van der Waals surface area contributed by atoms with Gasteiger partial charge in [0, 0.05) is 0 Å². The molecule has 3 nitrogen and oxygen atoms in total. The fraction of sp³-hybridized carbons (Fsp3) is 0.571. The van der Waals surface area contributed by atoms with Gasteiger partial charge in [0.25, 0.3) is 0 Å². The van der Waals surface area contributed by atoms with Crippen molar-refractivity contribution in [1.29, 1.82) is 0 Å². The van der Waals surface area contributed by atoms with Crippen LogP contribution in [-0.2, 0) is 4.74 Å². The molecule has 64 valence electrons. The van der Waals surface area contributed by atoms with E-state index in [1.54, 1.807) is 0 Å². The van der Waals surface area contributed by atoms with Gasteiger partial charge in [-0.1, -0.05) is 31.4 Å². The summed E-state index contributed by atoms with van der Waals surface area (Å²) in [5, 5.41) is 0. The molecule has 0 aliphatic heterocycles. The van der Waals surface area contributed by atoms with Crippen LogP contribution in [0.1, 0.15) is 0 Å². The number of nitrogens with two attached hydrogens (primary N) is 1. The Bertz CT molecular complexity index is 160. The number of primary amides is 1. The van der Waals surface area contributed by atoms with Gasteiger partial charge in [-0.3, -0.25) is 0 Å². The molecule has 0 atom stereocenters. The summed E-state index contributed by atoms with van der Waals surface area (Å²) in [5.41, 5.74) is 6.87. The lowest BCUT2D eigenvalue weighted by molar-refractivity contribution is 0.169. The zero-order valence-corrected chi connectivity index (χ0v) is 8.26. The molecule has 0 saturated heterocycles. The third-order valence-electron chi connectivity index (χ3n) is 0.940. The first-order valence-electron chi connectivity index (χ1n) is 3.52. The van der Waals surface area contributed by atoms with Gasteiger partial charge in [0.15, 0.2) is 0 Å². The highest BCUT2D eigenvalue weighted by atomic mass is 28.3. The van der Waals surface area contributed by atoms with Crippen LogP contribution in [0.5, 0.6) is 0 Å². The van der Waals surface area contributed by atoms with Gasteiger partial charge < -0.3 is 10.5 Å². The minimum atomic E-state index is -1.14. The lowest BCUT2D eigenvalue weighted by atomic mass is 10.7. The monoisotopic (exact) mass is 173 g/mol. The Morgan fingerprint density at radius 2 is 2.09 bits per heavy atom. The van der Waals surface area contributed by atoms with Crippen molar-refractivity contribution in [3.8, 4) is 0 Å². The highest BCUT2D eigenvalue weighted by Gasteiger charge is 2.06. The largest absolute Gasteiger partial charge is 0.445 e. The summed E-state index contributed by atoms with van der Waals surface area (Å²) in [5.74, 6) is 0. The normalized spacial score (nSPS) is 11.9. The lowest BCUT2D eigenvalue weighted by Crippen LogP contribution is -2.17. The smallest absolute Gasteiger partial charge is 0.404 e. The van der Waals surface area contributed by atoms with Crippen LogP contribution in [0.3, 0.4) is 0 Å². The molecule has 0 spiro atoms. The van der Waals surface area contributed by atoms with Crippen molar-refractivity contribution >= 4 is 14.2 Å². The molecule has 4 heteroatoms. The molecule has 0 heterocycles. The van der Waals surface area contributed by atoms with Crippen LogP contribution in [0.2, 0.25) is 19.6 Å². The standard InChI is InChI=1S/C7H15NO2Si/c1-11(2,3)6-4-5-10-7(8)9/h4,6H,5H2,1-3H3,(H2,8,9)/b6-4-. The van der Waals surface area contributed by atoms with Crippen LogP contribution in [0.15, 0.2) is 11.8 Å². The third-order valence-corrected chi connectivity index (χ3v) is 2.18. The summed E-state index contributed by atoms with van der Waals surface area (Å²) < 4.78 is 4.51. The molecule has 0 bridgehead atoms. The van der Waals surface area contributed by atoms with Crippen LogP contribution < -0.4 is 5.73 Å². The van der Waals surface area contributed by atoms with Crippen molar-refractivity contribution in [2.75, 3.05) is 6.61 Å². The molecule has 0 aromatic rings. The highest BCUT2D eigenvalue weighted by molar-refractivity contribution is 6.80. The van der Waals surface area contributed by atoms with Gasteiger partial charge in [-0.15, -0.1) is 0 Å². The summed E-state index contributed by atoms with van der Waals surface area (Å²) >= 11 is 0. The average molecular weight is 173 g/mol. The molecule has 0 aliphatic rings. The minimum Gasteiger partial charge on any atom is -0.445 e. The fourth-order valence-electron chi connectivity index (χ4n) is 0.532. The van der Waals surface area contributed by atoms with E-state index in [1.807, 2.05) is 6.08 Å². The number of rotatable bonds is 3. The Hall–Kier alpha value is -0.773. The van der Waals surface area contributed by atoms with Crippen molar-refractivity contribution < 1.29 is 9.53 Å². The molecule has 0 rings (SSSR count). The maximum atomic E-state index is 10.1. The summed E-state index contributed by atoms with van der Waals surface area (Å²) in [4.78, 5) is 10.1. The van der Waals surface area contributed by atoms with Gasteiger partial charge in [0.1, 0.15) is 6.61 Å². The van der Waals surface area contributed by atoms with Crippen LogP contribution in [-0.4, -0.2) is 20.8 Å². The first kappa shape index (κ1) is 10.2. The van der Waals surface area contributed by atoms with Gasteiger partial charge >= 0.3 is 6.09 Å². The van der Waals surface area contributed by atoms with Crippen molar-refractivity contribution in [3.63, 3.8) is 0 Å². The summed E-state index contributed by atoms with van der Waals surface area (Å²) in [6, 6.07) is 0. The first-order chi connectivity index (χ1) is 4.92. The molecular weight excluding hydrogens is 158 g/mol. The average Bonchev–Trinajstić information content (AvgIpc) is 1.78. The molecule has 0 fully saturated rings. The van der Waals surface area contributed by atoms with Crippen LogP contribution >= 0.6 is 0 Å². The zero-order chi connectivity index (χ0) is 8.91. The summed E-state index contributed by atoms with van der Waals surface area (Å²) in [7, 11) is -1.14. The van der Waals surface area contributed by atoms with E-state index in [0.717, 1.165) is 0 Å². The van der Waals surface area contributed by atoms with Gasteiger partial charge in [0.05, 0.1) is 8.07 Å². The molecule has 0 aliphatic carbocycles. The molecule has 0 aromatic carbocycles. The fourth-order valence-corrected chi connectivity index (χ4v) is 1.34. The van der Waals surface area contributed by atoms with E-state index >= 15 is 0 Å². The van der Waals surface area contributed by atoms with E-state index in [0.29, 0.717) is 6.61 Å². The molecular formula is C7H15NO2Si. The second-order valence-electron chi connectivity index (χ2n) is 3.40. The molecule has 0 saturated carbocycles. The van der Waals surface area contributed by atoms with E-state index in [1.165, 1.54) is 0 Å². The van der Waals surface area contributed by atoms with E-state index in [9.17, 15) is 4.79 Å². The van der Waals surface area contributed by atoms with Crippen molar-refractivity contribution in [3.05, 3.63) is 11.8 Å². The van der Waals surface area contributed by atoms with Gasteiger partial charge in [-0.05, 0) is 0 Å². The van der Waals surface area contributed by atoms with Crippen LogP contribution in [0.25, 0.3) is 0 Å². The number of carbonyl (C=O) groups excluding carboxylic acids is 1. The first-order valence-corrected chi connectivity index (χ1v) is 7.09. The maximum Gasteiger partial charge on any atom is 0.404 e. The second kappa shape index (κ2) is 4.18. The second-order valence-corrected chi connectivity index (χ2v) is 8.46. The minimum absolute atomic E-state index is 0.291. The van der Waals surface area contributed by atoms with E-state index in [4.69, 9.17) is 5.73 Å². The topological polar surface area (TPSA) is 52.3 Å². The van der Waals surface area contributed by atoms with Crippen molar-refractivity contribution in [1.82, 2.24) is 0 Å². The van der Waals surface area contributed by atoms with Gasteiger partial charge in [0.2, 0.25) is 0 Å². The Morgan fingerprint density at radius 1 is 1.55 bits per heavy atom. The number of hydrogen-bond donors (Lipinski definition) is 1. The van der Waals surface area contributed by atoms with Gasteiger partial charge in [-0.2, -0.15) is 0 Å². The number of carbonyl (C=O) groups is 1. The van der Waals surface area contributed by atoms with E-state index in [-0.39, 0.29) is 0 Å². The number of hydrogen-bond acceptors (Lipinski definition) is 2. The Kier molecular flexibility index (Phi) is 3.88. The summed E-state index contributed by atoms with van der Waals surface area (Å²) in [6.45, 7) is 6.90. The number of amides is 1. The van der Waals surface area contributed by atoms with E-state index < -0.39 is 14.2 Å². The predicted octanol–water partition coefficient (Wildman–Crippen LogP) is 1.52. The molecule has 0 radical (unpaired) electrons. The SMILES string of the molecule is C[Si](C)(C)/C=C\COC(N)=O. The number of ether oxygens (including phenoxy) is 1. The molecule has 2 N–H and O–H groups in total. The Balaban J connectivity index is 3.54. The van der Waals surface area contributed by atoms with Gasteiger partial charge in [-0.25, -0.2) is 4.79 Å². The van der Waals surface area contributed by atoms with Crippen LogP contribution in [0, 0.1) is 0 Å². The van der Waals surface area contributed by atoms with Crippen molar-refractivity contribution in [2.24, 2.45) is 5.73 Å². The Morgan fingerprint density at radius 3 is 2.45 bits per heavy atom. The highest BCUT2D eigenvalue weighted by Crippen LogP contribution is 2.01. The predicted molar refractivity (Wildman–Crippen MR) is 48.0 cm³/mol. The maximum absolute atomic E-state index is 10.1. The Labute approximate surface area is 68.2 Å². The molecule has 0 aromatic heterocycles. The van der Waals surface area contributed by atoms with E-state index in [2.05, 4.69) is 30.1 Å². The quantitative estimate of drug-likeness (QED) is 0.658. The third kappa shape index (κ3) is 9.23. The molecule has 1 amide bonds. The van der Waals surface area contributed by atoms with Crippen LogP contribution in [0.4, 0.5) is 4.79 Å². The summed E-state index contributed by atoms with van der Waals surface area (Å²) in [6.07, 6.45) is 1.13. The zero-order valence-electron chi connectivity index (χ0n) is 7.26. The molecule has 11 heavy (non-hydrogen) atoms. The lowest BCUT2D eigenvalue weighted by Gasteiger charge is -2.07. The van der Waals surface area contributed by atoms with Crippen molar-refractivity contribution in [2.45, 2.75) is 19.6 Å². The molecule has 0 unspecified atom stereocenters.